The molecule has 126 valence electrons. The topological polar surface area (TPSA) is 32.3 Å². The monoisotopic (exact) mass is 315 g/mol. The largest absolute Gasteiger partial charge is 0.396 e. The summed E-state index contributed by atoms with van der Waals surface area (Å²) < 4.78 is 0. The van der Waals surface area contributed by atoms with E-state index in [1.54, 1.807) is 0 Å². The summed E-state index contributed by atoms with van der Waals surface area (Å²) in [7, 11) is 0. The fourth-order valence-electron chi connectivity index (χ4n) is 3.22. The van der Waals surface area contributed by atoms with E-state index in [1.165, 1.54) is 32.1 Å². The van der Waals surface area contributed by atoms with Gasteiger partial charge in [0.25, 0.3) is 0 Å². The normalized spacial score (nSPS) is 28.6. The van der Waals surface area contributed by atoms with E-state index in [1.807, 2.05) is 0 Å². The molecule has 0 radical (unpaired) electrons. The predicted molar refractivity (Wildman–Crippen MR) is 96.0 cm³/mol. The van der Waals surface area contributed by atoms with Gasteiger partial charge in [-0.3, -0.25) is 0 Å². The van der Waals surface area contributed by atoms with E-state index in [9.17, 15) is 5.11 Å². The Bertz CT molecular complexity index is 282. The van der Waals surface area contributed by atoms with Gasteiger partial charge in [0.05, 0.1) is 0 Å². The van der Waals surface area contributed by atoms with E-state index >= 15 is 0 Å². The van der Waals surface area contributed by atoms with Gasteiger partial charge in [-0.2, -0.15) is 11.8 Å². The van der Waals surface area contributed by atoms with Crippen LogP contribution >= 0.6 is 11.8 Å². The minimum Gasteiger partial charge on any atom is -0.396 e. The summed E-state index contributed by atoms with van der Waals surface area (Å²) in [5.74, 6) is 2.36. The molecule has 0 aromatic rings. The average Bonchev–Trinajstić information content (AvgIpc) is 2.50. The van der Waals surface area contributed by atoms with E-state index in [-0.39, 0.29) is 0 Å². The first kappa shape index (κ1) is 19.3. The summed E-state index contributed by atoms with van der Waals surface area (Å²) in [6.45, 7) is 13.1. The van der Waals surface area contributed by atoms with Gasteiger partial charge in [0, 0.05) is 17.9 Å². The molecule has 4 atom stereocenters. The van der Waals surface area contributed by atoms with Crippen LogP contribution in [0.15, 0.2) is 0 Å². The number of rotatable bonds is 9. The summed E-state index contributed by atoms with van der Waals surface area (Å²) in [5, 5.41) is 13.7. The Balaban J connectivity index is 2.62. The highest BCUT2D eigenvalue weighted by atomic mass is 32.2. The second-order valence-electron chi connectivity index (χ2n) is 7.57. The van der Waals surface area contributed by atoms with E-state index in [0.717, 1.165) is 23.5 Å². The van der Waals surface area contributed by atoms with Gasteiger partial charge in [-0.25, -0.2) is 0 Å². The van der Waals surface area contributed by atoms with Gasteiger partial charge in [-0.05, 0) is 55.2 Å². The van der Waals surface area contributed by atoms with Crippen LogP contribution in [0.3, 0.4) is 0 Å². The van der Waals surface area contributed by atoms with Crippen LogP contribution in [0.5, 0.6) is 0 Å². The molecule has 0 aromatic carbocycles. The zero-order valence-corrected chi connectivity index (χ0v) is 15.6. The van der Waals surface area contributed by atoms with Crippen LogP contribution in [0.25, 0.3) is 0 Å². The lowest BCUT2D eigenvalue weighted by Crippen LogP contribution is -2.45. The number of hydrogen-bond acceptors (Lipinski definition) is 3. The first-order chi connectivity index (χ1) is 9.94. The van der Waals surface area contributed by atoms with E-state index < -0.39 is 0 Å². The molecular weight excluding hydrogens is 278 g/mol. The van der Waals surface area contributed by atoms with Crippen molar-refractivity contribution in [3.63, 3.8) is 0 Å². The number of thioether (sulfide) groups is 1. The maximum Gasteiger partial charge on any atom is 0.0464 e. The quantitative estimate of drug-likeness (QED) is 0.664. The molecule has 21 heavy (non-hydrogen) atoms. The van der Waals surface area contributed by atoms with Crippen LogP contribution in [-0.4, -0.2) is 35.3 Å². The zero-order chi connectivity index (χ0) is 15.9. The third-order valence-corrected chi connectivity index (χ3v) is 7.08. The molecule has 3 heteroatoms. The van der Waals surface area contributed by atoms with Crippen molar-refractivity contribution >= 4 is 11.8 Å². The molecule has 1 aliphatic rings. The summed E-state index contributed by atoms with van der Waals surface area (Å²) in [6.07, 6.45) is 6.51. The predicted octanol–water partition coefficient (Wildman–Crippen LogP) is 4.32. The second-order valence-corrected chi connectivity index (χ2v) is 8.84. The van der Waals surface area contributed by atoms with Gasteiger partial charge >= 0.3 is 0 Å². The molecular formula is C18H37NOS. The molecule has 1 saturated carbocycles. The highest BCUT2D eigenvalue weighted by molar-refractivity contribution is 7.99. The minimum atomic E-state index is 0.316. The molecule has 0 heterocycles. The fraction of sp³-hybridized carbons (Fsp3) is 1.00. The zero-order valence-electron chi connectivity index (χ0n) is 14.8. The Morgan fingerprint density at radius 3 is 2.57 bits per heavy atom. The highest BCUT2D eigenvalue weighted by Crippen LogP contribution is 2.43. The summed E-state index contributed by atoms with van der Waals surface area (Å²) in [6, 6.07) is 0.671. The highest BCUT2D eigenvalue weighted by Gasteiger charge is 2.37. The lowest BCUT2D eigenvalue weighted by Gasteiger charge is -2.43. The first-order valence-electron chi connectivity index (χ1n) is 8.90. The Morgan fingerprint density at radius 2 is 2.00 bits per heavy atom. The molecule has 1 fully saturated rings. The van der Waals surface area contributed by atoms with Crippen molar-refractivity contribution in [2.24, 2.45) is 17.3 Å². The van der Waals surface area contributed by atoms with Gasteiger partial charge in [0.2, 0.25) is 0 Å². The molecule has 0 spiro atoms. The van der Waals surface area contributed by atoms with Crippen LogP contribution in [0.2, 0.25) is 0 Å². The molecule has 0 saturated heterocycles. The van der Waals surface area contributed by atoms with Crippen molar-refractivity contribution in [3.8, 4) is 0 Å². The molecule has 1 rings (SSSR count). The number of aliphatic hydroxyl groups excluding tert-OH is 1. The Hall–Kier alpha value is 0.270. The van der Waals surface area contributed by atoms with Crippen molar-refractivity contribution in [1.29, 1.82) is 0 Å². The lowest BCUT2D eigenvalue weighted by atomic mass is 9.68. The van der Waals surface area contributed by atoms with Crippen LogP contribution in [0, 0.1) is 17.3 Å². The Kier molecular flexibility index (Phi) is 8.66. The van der Waals surface area contributed by atoms with Crippen molar-refractivity contribution < 1.29 is 5.11 Å². The Morgan fingerprint density at radius 1 is 1.29 bits per heavy atom. The fourth-order valence-corrected chi connectivity index (χ4v) is 4.73. The molecule has 4 unspecified atom stereocenters. The third kappa shape index (κ3) is 6.11. The van der Waals surface area contributed by atoms with Crippen molar-refractivity contribution in [3.05, 3.63) is 0 Å². The molecule has 0 bridgehead atoms. The third-order valence-electron chi connectivity index (χ3n) is 5.37. The van der Waals surface area contributed by atoms with Crippen LogP contribution in [0.4, 0.5) is 0 Å². The number of hydrogen-bond donors (Lipinski definition) is 2. The van der Waals surface area contributed by atoms with Crippen molar-refractivity contribution in [1.82, 2.24) is 5.32 Å². The van der Waals surface area contributed by atoms with Crippen molar-refractivity contribution in [2.75, 3.05) is 18.9 Å². The summed E-state index contributed by atoms with van der Waals surface area (Å²) in [5.41, 5.74) is 0.469. The summed E-state index contributed by atoms with van der Waals surface area (Å²) >= 11 is 2.10. The molecule has 0 aromatic heterocycles. The average molecular weight is 316 g/mol. The van der Waals surface area contributed by atoms with Gasteiger partial charge in [-0.15, -0.1) is 0 Å². The summed E-state index contributed by atoms with van der Waals surface area (Å²) in [4.78, 5) is 0. The maximum atomic E-state index is 9.26. The van der Waals surface area contributed by atoms with Crippen molar-refractivity contribution in [2.45, 2.75) is 78.0 Å². The standard InChI is InChI=1S/C18H37NOS/c1-6-10-19-16-9-8-15(18(4,5)7-2)11-17(16)21-13-14(3)12-20/h14-17,19-20H,6-13H2,1-5H3. The van der Waals surface area contributed by atoms with Crippen LogP contribution < -0.4 is 5.32 Å². The first-order valence-corrected chi connectivity index (χ1v) is 9.95. The van der Waals surface area contributed by atoms with E-state index in [2.05, 4.69) is 51.7 Å². The molecule has 2 N–H and O–H groups in total. The van der Waals surface area contributed by atoms with Gasteiger partial charge < -0.3 is 10.4 Å². The maximum absolute atomic E-state index is 9.26. The smallest absolute Gasteiger partial charge is 0.0464 e. The molecule has 0 amide bonds. The van der Waals surface area contributed by atoms with E-state index in [0.29, 0.717) is 24.0 Å². The molecule has 0 aliphatic heterocycles. The molecule has 1 aliphatic carbocycles. The van der Waals surface area contributed by atoms with Crippen LogP contribution in [0.1, 0.15) is 66.7 Å². The van der Waals surface area contributed by atoms with Gasteiger partial charge in [-0.1, -0.05) is 41.0 Å². The van der Waals surface area contributed by atoms with E-state index in [4.69, 9.17) is 0 Å². The lowest BCUT2D eigenvalue weighted by molar-refractivity contribution is 0.141. The number of nitrogens with one attached hydrogen (secondary N) is 1. The van der Waals surface area contributed by atoms with Gasteiger partial charge in [0.15, 0.2) is 0 Å². The Labute approximate surface area is 136 Å². The van der Waals surface area contributed by atoms with Crippen LogP contribution in [-0.2, 0) is 0 Å². The number of aliphatic hydroxyl groups is 1. The molecule has 2 nitrogen and oxygen atoms in total. The SMILES string of the molecule is CCCNC1CCC(C(C)(C)CC)CC1SCC(C)CO. The van der Waals surface area contributed by atoms with Gasteiger partial charge in [0.1, 0.15) is 0 Å². The second kappa shape index (κ2) is 9.42. The minimum absolute atomic E-state index is 0.316.